The third-order valence-corrected chi connectivity index (χ3v) is 9.17. The molecule has 1 unspecified atom stereocenters. The molecule has 2 nitrogen and oxygen atoms in total. The van der Waals surface area contributed by atoms with E-state index in [0.717, 1.165) is 33.5 Å². The van der Waals surface area contributed by atoms with Crippen LogP contribution >= 0.6 is 11.3 Å². The molecule has 8 aromatic rings. The first kappa shape index (κ1) is 27.4. The second-order valence-electron chi connectivity index (χ2n) is 10.9. The Morgan fingerprint density at radius 1 is 0.702 bits per heavy atom. The standard InChI is InChI=1S/C25H18NS.C18H14N.Ir/c1-17(18-8-3-2-4-9-18)19-14-15-26-23(16-19)22-12-7-11-21-20-10-5-6-13-24(20)27-25(21)22;1-14-13-19-18(16-10-6-3-7-11-16)12-17(14)15-8-4-2-5-9-15;/h2-11,13-17H,1H3;2-10,12-13H,1H3;/q2*-1;/i17D;1D3;. The number of aromatic nitrogens is 2. The predicted molar refractivity (Wildman–Crippen MR) is 194 cm³/mol. The Kier molecular flexibility index (Phi) is 8.62. The van der Waals surface area contributed by atoms with Crippen LogP contribution in [0, 0.1) is 19.0 Å². The Morgan fingerprint density at radius 3 is 2.26 bits per heavy atom. The molecule has 0 N–H and O–H groups in total. The fourth-order valence-electron chi connectivity index (χ4n) is 5.55. The number of rotatable bonds is 5. The molecule has 3 heterocycles. The molecular weight excluding hydrogens is 769 g/mol. The number of fused-ring (bicyclic) bond motifs is 3. The number of aryl methyl sites for hydroxylation is 1. The van der Waals surface area contributed by atoms with Gasteiger partial charge in [0.1, 0.15) is 0 Å². The van der Waals surface area contributed by atoms with Gasteiger partial charge in [-0.05, 0) is 68.3 Å². The average Bonchev–Trinajstić information content (AvgIpc) is 3.55. The molecule has 0 bridgehead atoms. The van der Waals surface area contributed by atoms with Crippen LogP contribution in [0.15, 0.2) is 152 Å². The summed E-state index contributed by atoms with van der Waals surface area (Å²) in [5, 5.41) is 2.50. The average molecular weight is 805 g/mol. The van der Waals surface area contributed by atoms with E-state index in [-0.39, 0.29) is 25.7 Å². The van der Waals surface area contributed by atoms with E-state index in [1.165, 1.54) is 26.4 Å². The molecule has 47 heavy (non-hydrogen) atoms. The SMILES string of the molecule is [2H]C(C)(c1ccccc1)c1ccnc(-c2[c-]ccc3c2sc2ccccc23)c1.[2H]C([2H])([2H])c1cnc(-c2[c-]cccc2)cc1-c1ccccc1.[Ir]. The van der Waals surface area contributed by atoms with Gasteiger partial charge >= 0.3 is 0 Å². The Morgan fingerprint density at radius 2 is 1.47 bits per heavy atom. The molecular formula is C43H32IrN2S-2. The van der Waals surface area contributed by atoms with Crippen LogP contribution in [-0.4, -0.2) is 9.97 Å². The van der Waals surface area contributed by atoms with Crippen molar-refractivity contribution < 1.29 is 25.6 Å². The van der Waals surface area contributed by atoms with E-state index in [4.69, 9.17) is 5.48 Å². The normalized spacial score (nSPS) is 13.6. The Hall–Kier alpha value is -4.73. The summed E-state index contributed by atoms with van der Waals surface area (Å²) >= 11 is 1.77. The maximum Gasteiger partial charge on any atom is 0.0399 e. The van der Waals surface area contributed by atoms with E-state index >= 15 is 0 Å². The Balaban J connectivity index is 0.000000178. The van der Waals surface area contributed by atoms with Crippen LogP contribution in [0.2, 0.25) is 0 Å². The summed E-state index contributed by atoms with van der Waals surface area (Å²) in [6.07, 6.45) is 3.26. The van der Waals surface area contributed by atoms with Gasteiger partial charge in [0, 0.05) is 48.6 Å². The van der Waals surface area contributed by atoms with Crippen molar-refractivity contribution in [3.05, 3.63) is 181 Å². The molecule has 0 spiro atoms. The van der Waals surface area contributed by atoms with E-state index in [1.807, 2.05) is 116 Å². The van der Waals surface area contributed by atoms with E-state index in [0.29, 0.717) is 11.3 Å². The van der Waals surface area contributed by atoms with Crippen molar-refractivity contribution in [1.82, 2.24) is 9.97 Å². The minimum atomic E-state index is -2.20. The minimum Gasteiger partial charge on any atom is -0.305 e. The van der Waals surface area contributed by atoms with Crippen molar-refractivity contribution in [2.75, 3.05) is 0 Å². The zero-order chi connectivity index (χ0) is 34.7. The van der Waals surface area contributed by atoms with Crippen molar-refractivity contribution in [1.29, 1.82) is 0 Å². The number of hydrogen-bond acceptors (Lipinski definition) is 3. The first-order valence-electron chi connectivity index (χ1n) is 17.1. The summed E-state index contributed by atoms with van der Waals surface area (Å²) in [7, 11) is 0. The molecule has 0 aliphatic heterocycles. The van der Waals surface area contributed by atoms with Crippen molar-refractivity contribution in [3.63, 3.8) is 0 Å². The molecule has 4 heteroatoms. The topological polar surface area (TPSA) is 25.8 Å². The number of pyridine rings is 2. The summed E-state index contributed by atoms with van der Waals surface area (Å²) in [5.41, 5.74) is 7.14. The molecule has 5 aromatic carbocycles. The maximum absolute atomic E-state index is 8.98. The molecule has 1 radical (unpaired) electrons. The fourth-order valence-corrected chi connectivity index (χ4v) is 6.76. The van der Waals surface area contributed by atoms with Crippen molar-refractivity contribution in [2.45, 2.75) is 19.7 Å². The van der Waals surface area contributed by atoms with Gasteiger partial charge in [0.05, 0.1) is 0 Å². The first-order chi connectivity index (χ1) is 24.2. The summed E-state index contributed by atoms with van der Waals surface area (Å²) in [6, 6.07) is 51.9. The molecule has 231 valence electrons. The summed E-state index contributed by atoms with van der Waals surface area (Å²) < 4.78 is 34.6. The number of thiophene rings is 1. The third-order valence-electron chi connectivity index (χ3n) is 7.97. The summed E-state index contributed by atoms with van der Waals surface area (Å²) in [6.45, 7) is -0.262. The molecule has 0 aliphatic carbocycles. The van der Waals surface area contributed by atoms with Crippen molar-refractivity contribution in [2.24, 2.45) is 0 Å². The van der Waals surface area contributed by atoms with Crippen LogP contribution in [0.25, 0.3) is 53.8 Å². The molecule has 0 saturated heterocycles. The number of nitrogens with zero attached hydrogens (tertiary/aromatic N) is 2. The molecule has 1 atom stereocenters. The van der Waals surface area contributed by atoms with E-state index in [9.17, 15) is 0 Å². The maximum atomic E-state index is 8.98. The second-order valence-corrected chi connectivity index (χ2v) is 11.9. The molecule has 0 aliphatic rings. The van der Waals surface area contributed by atoms with Gasteiger partial charge in [-0.3, -0.25) is 0 Å². The Labute approximate surface area is 299 Å². The summed E-state index contributed by atoms with van der Waals surface area (Å²) in [5.74, 6) is -0.840. The van der Waals surface area contributed by atoms with Gasteiger partial charge < -0.3 is 9.97 Å². The van der Waals surface area contributed by atoms with Gasteiger partial charge in [-0.25, -0.2) is 0 Å². The van der Waals surface area contributed by atoms with Crippen molar-refractivity contribution >= 4 is 31.5 Å². The smallest absolute Gasteiger partial charge is 0.0399 e. The zero-order valence-corrected chi connectivity index (χ0v) is 28.8. The van der Waals surface area contributed by atoms with E-state index < -0.39 is 12.7 Å². The van der Waals surface area contributed by atoms with E-state index in [2.05, 4.69) is 52.4 Å². The molecule has 0 fully saturated rings. The molecule has 0 saturated carbocycles. The van der Waals surface area contributed by atoms with Gasteiger partial charge in [-0.15, -0.1) is 59.7 Å². The van der Waals surface area contributed by atoms with Gasteiger partial charge in [0.25, 0.3) is 0 Å². The number of hydrogen-bond donors (Lipinski definition) is 0. The quantitative estimate of drug-likeness (QED) is 0.162. The second kappa shape index (κ2) is 14.8. The van der Waals surface area contributed by atoms with Crippen LogP contribution in [0.1, 0.15) is 35.0 Å². The fraction of sp³-hybridized carbons (Fsp3) is 0.0698. The number of benzene rings is 5. The monoisotopic (exact) mass is 805 g/mol. The third kappa shape index (κ3) is 7.01. The van der Waals surface area contributed by atoms with Gasteiger partial charge in [0.2, 0.25) is 0 Å². The predicted octanol–water partition coefficient (Wildman–Crippen LogP) is 11.6. The zero-order valence-electron chi connectivity index (χ0n) is 29.6. The first-order valence-corrected chi connectivity index (χ1v) is 15.9. The van der Waals surface area contributed by atoms with Crippen LogP contribution in [0.3, 0.4) is 0 Å². The van der Waals surface area contributed by atoms with Gasteiger partial charge in [-0.2, -0.15) is 11.3 Å². The van der Waals surface area contributed by atoms with Crippen molar-refractivity contribution in [3.8, 4) is 33.6 Å². The summed E-state index contributed by atoms with van der Waals surface area (Å²) in [4.78, 5) is 8.94. The van der Waals surface area contributed by atoms with Crippen LogP contribution in [0.5, 0.6) is 0 Å². The van der Waals surface area contributed by atoms with Crippen LogP contribution in [0.4, 0.5) is 0 Å². The van der Waals surface area contributed by atoms with Crippen LogP contribution < -0.4 is 0 Å². The molecule has 8 rings (SSSR count). The van der Waals surface area contributed by atoms with E-state index in [1.54, 1.807) is 17.5 Å². The molecule has 0 amide bonds. The van der Waals surface area contributed by atoms with Gasteiger partial charge in [0.15, 0.2) is 0 Å². The van der Waals surface area contributed by atoms with Crippen LogP contribution in [-0.2, 0) is 20.1 Å². The van der Waals surface area contributed by atoms with Gasteiger partial charge in [-0.1, -0.05) is 103 Å². The largest absolute Gasteiger partial charge is 0.305 e. The molecule has 3 aromatic heterocycles. The minimum absolute atomic E-state index is 0. The Bertz CT molecular complexity index is 2390.